The molecule has 0 unspecified atom stereocenters. The summed E-state index contributed by atoms with van der Waals surface area (Å²) in [5.74, 6) is 0.494. The predicted molar refractivity (Wildman–Crippen MR) is 126 cm³/mol. The number of aromatic nitrogens is 4. The van der Waals surface area contributed by atoms with Crippen LogP contribution in [0.5, 0.6) is 5.75 Å². The van der Waals surface area contributed by atoms with Gasteiger partial charge in [-0.1, -0.05) is 32.9 Å². The molecule has 1 aliphatic rings. The molecular weight excluding hydrogens is 456 g/mol. The fourth-order valence-electron chi connectivity index (χ4n) is 3.71. The van der Waals surface area contributed by atoms with Crippen LogP contribution in [0.3, 0.4) is 0 Å². The summed E-state index contributed by atoms with van der Waals surface area (Å²) in [6.07, 6.45) is 4.50. The summed E-state index contributed by atoms with van der Waals surface area (Å²) < 4.78 is 35.7. The van der Waals surface area contributed by atoms with Crippen LogP contribution in [0.1, 0.15) is 36.8 Å². The standard InChI is InChI=1S/C23H30N6O4S/c1-23(2,3)18-5-7-19(8-6-18)33-17-28-10-9-21(25-28)22(30)27-11-13-29(14-12-27)34(31,32)20-15-24-26(4)16-20/h5-10,15-16H,11-14,17H2,1-4H3. The van der Waals surface area contributed by atoms with Gasteiger partial charge in [0.25, 0.3) is 5.91 Å². The number of nitrogens with zero attached hydrogens (tertiary/aromatic N) is 6. The second-order valence-electron chi connectivity index (χ2n) is 9.33. The fraction of sp³-hybridized carbons (Fsp3) is 0.435. The maximum absolute atomic E-state index is 12.9. The molecule has 0 atom stereocenters. The number of ether oxygens (including phenoxy) is 1. The summed E-state index contributed by atoms with van der Waals surface area (Å²) in [7, 11) is -1.95. The van der Waals surface area contributed by atoms with Crippen LogP contribution < -0.4 is 4.74 Å². The van der Waals surface area contributed by atoms with Crippen LogP contribution >= 0.6 is 0 Å². The van der Waals surface area contributed by atoms with Gasteiger partial charge in [-0.2, -0.15) is 14.5 Å². The SMILES string of the molecule is Cn1cc(S(=O)(=O)N2CCN(C(=O)c3ccn(COc4ccc(C(C)(C)C)cc4)n3)CC2)cn1. The third kappa shape index (κ3) is 5.15. The number of piperazine rings is 1. The molecule has 3 aromatic rings. The number of benzene rings is 1. The van der Waals surface area contributed by atoms with Crippen LogP contribution in [0.15, 0.2) is 53.8 Å². The Morgan fingerprint density at radius 3 is 2.32 bits per heavy atom. The van der Waals surface area contributed by atoms with Gasteiger partial charge in [0.2, 0.25) is 10.0 Å². The molecule has 0 spiro atoms. The van der Waals surface area contributed by atoms with E-state index in [0.717, 1.165) is 5.75 Å². The summed E-state index contributed by atoms with van der Waals surface area (Å²) in [6.45, 7) is 7.68. The number of hydrogen-bond donors (Lipinski definition) is 0. The largest absolute Gasteiger partial charge is 0.471 e. The molecule has 3 heterocycles. The molecule has 34 heavy (non-hydrogen) atoms. The van der Waals surface area contributed by atoms with Crippen LogP contribution in [-0.2, 0) is 29.2 Å². The minimum Gasteiger partial charge on any atom is -0.471 e. The lowest BCUT2D eigenvalue weighted by Gasteiger charge is -2.33. The molecule has 1 aromatic carbocycles. The van der Waals surface area contributed by atoms with Crippen molar-refractivity contribution in [2.75, 3.05) is 26.2 Å². The quantitative estimate of drug-likeness (QED) is 0.529. The lowest BCUT2D eigenvalue weighted by Crippen LogP contribution is -2.50. The van der Waals surface area contributed by atoms with Gasteiger partial charge in [-0.3, -0.25) is 9.48 Å². The molecule has 1 amide bonds. The monoisotopic (exact) mass is 486 g/mol. The highest BCUT2D eigenvalue weighted by molar-refractivity contribution is 7.89. The zero-order chi connectivity index (χ0) is 24.5. The Kier molecular flexibility index (Phi) is 6.50. The van der Waals surface area contributed by atoms with E-state index in [2.05, 4.69) is 31.0 Å². The highest BCUT2D eigenvalue weighted by atomic mass is 32.2. The van der Waals surface area contributed by atoms with Crippen LogP contribution in [0.4, 0.5) is 0 Å². The maximum Gasteiger partial charge on any atom is 0.274 e. The van der Waals surface area contributed by atoms with Gasteiger partial charge in [-0.05, 0) is 29.2 Å². The number of carbonyl (C=O) groups excluding carboxylic acids is 1. The molecule has 0 bridgehead atoms. The minimum atomic E-state index is -3.62. The van der Waals surface area contributed by atoms with E-state index in [9.17, 15) is 13.2 Å². The number of amides is 1. The van der Waals surface area contributed by atoms with E-state index in [1.54, 1.807) is 28.9 Å². The molecule has 1 aliphatic heterocycles. The molecular formula is C23H30N6O4S. The molecule has 2 aromatic heterocycles. The Hall–Kier alpha value is -3.18. The average Bonchev–Trinajstić information content (AvgIpc) is 3.46. The Balaban J connectivity index is 1.31. The van der Waals surface area contributed by atoms with Gasteiger partial charge in [-0.15, -0.1) is 0 Å². The van der Waals surface area contributed by atoms with Crippen LogP contribution in [0.25, 0.3) is 0 Å². The lowest BCUT2D eigenvalue weighted by molar-refractivity contribution is 0.0690. The van der Waals surface area contributed by atoms with E-state index in [4.69, 9.17) is 4.74 Å². The Bertz CT molecular complexity index is 1250. The number of carbonyl (C=O) groups is 1. The Labute approximate surface area is 199 Å². The van der Waals surface area contributed by atoms with E-state index >= 15 is 0 Å². The van der Waals surface area contributed by atoms with Crippen molar-refractivity contribution < 1.29 is 17.9 Å². The van der Waals surface area contributed by atoms with Gasteiger partial charge >= 0.3 is 0 Å². The summed E-state index contributed by atoms with van der Waals surface area (Å²) in [6, 6.07) is 9.58. The number of sulfonamides is 1. The first-order valence-corrected chi connectivity index (χ1v) is 12.5. The van der Waals surface area contributed by atoms with Gasteiger partial charge in [0.1, 0.15) is 10.6 Å². The van der Waals surface area contributed by atoms with Crippen molar-refractivity contribution in [1.29, 1.82) is 0 Å². The number of hydrogen-bond acceptors (Lipinski definition) is 6. The van der Waals surface area contributed by atoms with E-state index in [1.165, 1.54) is 26.9 Å². The van der Waals surface area contributed by atoms with Crippen molar-refractivity contribution >= 4 is 15.9 Å². The molecule has 0 aliphatic carbocycles. The zero-order valence-corrected chi connectivity index (χ0v) is 20.7. The van der Waals surface area contributed by atoms with E-state index in [-0.39, 0.29) is 36.0 Å². The molecule has 11 heteroatoms. The number of rotatable bonds is 6. The van der Waals surface area contributed by atoms with E-state index in [1.807, 2.05) is 24.3 Å². The topological polar surface area (TPSA) is 103 Å². The van der Waals surface area contributed by atoms with Gasteiger partial charge in [0, 0.05) is 45.6 Å². The first-order valence-electron chi connectivity index (χ1n) is 11.1. The summed E-state index contributed by atoms with van der Waals surface area (Å²) >= 11 is 0. The third-order valence-electron chi connectivity index (χ3n) is 5.79. The van der Waals surface area contributed by atoms with Gasteiger partial charge < -0.3 is 9.64 Å². The maximum atomic E-state index is 12.9. The first kappa shape index (κ1) is 24.0. The molecule has 182 valence electrons. The molecule has 1 fully saturated rings. The van der Waals surface area contributed by atoms with Gasteiger partial charge in [-0.25, -0.2) is 13.1 Å². The third-order valence-corrected chi connectivity index (χ3v) is 7.64. The molecule has 1 saturated heterocycles. The summed E-state index contributed by atoms with van der Waals surface area (Å²) in [5, 5.41) is 8.27. The fourth-order valence-corrected chi connectivity index (χ4v) is 5.12. The van der Waals surface area contributed by atoms with Crippen molar-refractivity contribution in [2.45, 2.75) is 37.8 Å². The Morgan fingerprint density at radius 2 is 1.74 bits per heavy atom. The van der Waals surface area contributed by atoms with Gasteiger partial charge in [0.15, 0.2) is 12.4 Å². The number of aryl methyl sites for hydroxylation is 1. The second-order valence-corrected chi connectivity index (χ2v) is 11.3. The van der Waals surface area contributed by atoms with Crippen molar-refractivity contribution in [3.8, 4) is 5.75 Å². The highest BCUT2D eigenvalue weighted by Gasteiger charge is 2.31. The molecule has 0 saturated carbocycles. The van der Waals surface area contributed by atoms with Crippen molar-refractivity contribution in [2.24, 2.45) is 7.05 Å². The van der Waals surface area contributed by atoms with Crippen LogP contribution in [0, 0.1) is 0 Å². The molecule has 10 nitrogen and oxygen atoms in total. The van der Waals surface area contributed by atoms with Crippen molar-refractivity contribution in [1.82, 2.24) is 28.8 Å². The average molecular weight is 487 g/mol. The van der Waals surface area contributed by atoms with E-state index < -0.39 is 10.0 Å². The predicted octanol–water partition coefficient (Wildman–Crippen LogP) is 2.10. The molecule has 4 rings (SSSR count). The molecule has 0 N–H and O–H groups in total. The van der Waals surface area contributed by atoms with E-state index in [0.29, 0.717) is 18.8 Å². The summed E-state index contributed by atoms with van der Waals surface area (Å²) in [4.78, 5) is 14.6. The normalized spacial score (nSPS) is 15.5. The molecule has 0 radical (unpaired) electrons. The van der Waals surface area contributed by atoms with Crippen LogP contribution in [-0.4, -0.2) is 69.3 Å². The van der Waals surface area contributed by atoms with Crippen LogP contribution in [0.2, 0.25) is 0 Å². The first-order chi connectivity index (χ1) is 16.0. The smallest absolute Gasteiger partial charge is 0.274 e. The second kappa shape index (κ2) is 9.22. The van der Waals surface area contributed by atoms with Gasteiger partial charge in [0.05, 0.1) is 6.20 Å². The van der Waals surface area contributed by atoms with Crippen molar-refractivity contribution in [3.63, 3.8) is 0 Å². The minimum absolute atomic E-state index is 0.0736. The Morgan fingerprint density at radius 1 is 1.06 bits per heavy atom. The highest BCUT2D eigenvalue weighted by Crippen LogP contribution is 2.24. The lowest BCUT2D eigenvalue weighted by atomic mass is 9.87. The zero-order valence-electron chi connectivity index (χ0n) is 19.9. The summed E-state index contributed by atoms with van der Waals surface area (Å²) in [5.41, 5.74) is 1.60. The van der Waals surface area contributed by atoms with Crippen molar-refractivity contribution in [3.05, 3.63) is 60.2 Å².